The van der Waals surface area contributed by atoms with Gasteiger partial charge in [0.15, 0.2) is 10.9 Å². The number of amides is 1. The zero-order chi connectivity index (χ0) is 20.4. The third-order valence-corrected chi connectivity index (χ3v) is 5.28. The van der Waals surface area contributed by atoms with Crippen molar-refractivity contribution >= 4 is 39.6 Å². The van der Waals surface area contributed by atoms with E-state index in [-0.39, 0.29) is 23.7 Å². The number of carbonyl (C=O) groups excluding carboxylic acids is 2. The summed E-state index contributed by atoms with van der Waals surface area (Å²) in [5, 5.41) is 10.9. The van der Waals surface area contributed by atoms with Crippen LogP contribution in [0.4, 0.5) is 15.2 Å². The van der Waals surface area contributed by atoms with Gasteiger partial charge in [-0.15, -0.1) is 11.3 Å². The maximum Gasteiger partial charge on any atom is 0.273 e. The van der Waals surface area contributed by atoms with Crippen molar-refractivity contribution in [1.29, 1.82) is 0 Å². The van der Waals surface area contributed by atoms with E-state index in [1.807, 2.05) is 30.3 Å². The summed E-state index contributed by atoms with van der Waals surface area (Å²) in [6.45, 7) is 1.49. The van der Waals surface area contributed by atoms with Crippen LogP contribution in [0.5, 0.6) is 0 Å². The molecular weight excluding hydrogens is 391 g/mol. The molecule has 0 saturated carbocycles. The Kier molecular flexibility index (Phi) is 5.18. The number of hydrogen-bond acceptors (Lipinski definition) is 6. The van der Waals surface area contributed by atoms with E-state index >= 15 is 0 Å². The quantitative estimate of drug-likeness (QED) is 0.689. The normalized spacial score (nSPS) is 15.9. The first kappa shape index (κ1) is 18.9. The molecule has 4 rings (SSSR count). The van der Waals surface area contributed by atoms with Crippen LogP contribution in [-0.2, 0) is 9.59 Å². The molecule has 2 heterocycles. The van der Waals surface area contributed by atoms with Gasteiger partial charge >= 0.3 is 0 Å². The molecule has 6 nitrogen and oxygen atoms in total. The van der Waals surface area contributed by atoms with Crippen LogP contribution in [0.1, 0.15) is 13.3 Å². The standard InChI is InChI=1S/C21H17FN4O2S/c1-13(27)19-11-17(25-26(19)16-5-3-2-4-6-16)20(28)24-21-23-18(12-29-21)14-7-9-15(22)10-8-14/h2-10,12,19H,11H2,1H3,(H,23,24,28). The van der Waals surface area contributed by atoms with Crippen molar-refractivity contribution in [3.8, 4) is 11.3 Å². The minimum absolute atomic E-state index is 0.0618. The van der Waals surface area contributed by atoms with E-state index in [9.17, 15) is 14.0 Å². The van der Waals surface area contributed by atoms with Crippen LogP contribution < -0.4 is 10.3 Å². The van der Waals surface area contributed by atoms with Gasteiger partial charge in [-0.25, -0.2) is 9.37 Å². The maximum atomic E-state index is 13.1. The number of ketones is 1. The number of nitrogens with one attached hydrogen (secondary N) is 1. The Hall–Kier alpha value is -3.39. The number of aromatic nitrogens is 1. The van der Waals surface area contributed by atoms with Crippen LogP contribution in [0.3, 0.4) is 0 Å². The Balaban J connectivity index is 1.51. The monoisotopic (exact) mass is 408 g/mol. The number of hydrazone groups is 1. The van der Waals surface area contributed by atoms with Crippen LogP contribution in [0.2, 0.25) is 0 Å². The van der Waals surface area contributed by atoms with Gasteiger partial charge in [0.05, 0.1) is 11.4 Å². The van der Waals surface area contributed by atoms with E-state index in [0.717, 1.165) is 11.3 Å². The molecule has 0 fully saturated rings. The highest BCUT2D eigenvalue weighted by atomic mass is 32.1. The van der Waals surface area contributed by atoms with Crippen LogP contribution in [-0.4, -0.2) is 28.4 Å². The second kappa shape index (κ2) is 7.92. The van der Waals surface area contributed by atoms with Gasteiger partial charge in [-0.1, -0.05) is 18.2 Å². The molecule has 1 N–H and O–H groups in total. The zero-order valence-electron chi connectivity index (χ0n) is 15.5. The van der Waals surface area contributed by atoms with Crippen LogP contribution >= 0.6 is 11.3 Å². The molecule has 0 saturated heterocycles. The molecule has 29 heavy (non-hydrogen) atoms. The number of nitrogens with zero attached hydrogens (tertiary/aromatic N) is 3. The molecule has 1 unspecified atom stereocenters. The minimum Gasteiger partial charge on any atom is -0.298 e. The molecule has 1 aromatic heterocycles. The van der Waals surface area contributed by atoms with E-state index in [2.05, 4.69) is 15.4 Å². The number of thiazole rings is 1. The average Bonchev–Trinajstić information content (AvgIpc) is 3.37. The van der Waals surface area contributed by atoms with Crippen LogP contribution in [0.15, 0.2) is 65.1 Å². The highest BCUT2D eigenvalue weighted by molar-refractivity contribution is 7.14. The van der Waals surface area contributed by atoms with Crippen molar-refractivity contribution < 1.29 is 14.0 Å². The van der Waals surface area contributed by atoms with E-state index in [1.54, 1.807) is 22.5 Å². The molecule has 1 atom stereocenters. The number of anilines is 2. The lowest BCUT2D eigenvalue weighted by Gasteiger charge is -2.20. The van der Waals surface area contributed by atoms with Gasteiger partial charge < -0.3 is 0 Å². The summed E-state index contributed by atoms with van der Waals surface area (Å²) in [5.41, 5.74) is 2.43. The number of halogens is 1. The third kappa shape index (κ3) is 4.07. The lowest BCUT2D eigenvalue weighted by Crippen LogP contribution is -2.33. The number of para-hydroxylation sites is 1. The highest BCUT2D eigenvalue weighted by Crippen LogP contribution is 2.27. The van der Waals surface area contributed by atoms with Crippen molar-refractivity contribution in [2.45, 2.75) is 19.4 Å². The maximum absolute atomic E-state index is 13.1. The Bertz CT molecular complexity index is 1080. The van der Waals surface area contributed by atoms with Crippen molar-refractivity contribution in [3.63, 3.8) is 0 Å². The average molecular weight is 408 g/mol. The lowest BCUT2D eigenvalue weighted by atomic mass is 10.1. The summed E-state index contributed by atoms with van der Waals surface area (Å²) in [5.74, 6) is -0.775. The van der Waals surface area contributed by atoms with Crippen molar-refractivity contribution in [3.05, 3.63) is 65.8 Å². The summed E-state index contributed by atoms with van der Waals surface area (Å²) in [6, 6.07) is 14.7. The molecule has 1 aliphatic heterocycles. The largest absolute Gasteiger partial charge is 0.298 e. The van der Waals surface area contributed by atoms with E-state index in [0.29, 0.717) is 10.8 Å². The summed E-state index contributed by atoms with van der Waals surface area (Å²) >= 11 is 1.27. The van der Waals surface area contributed by atoms with Crippen molar-refractivity contribution in [2.24, 2.45) is 5.10 Å². The van der Waals surface area contributed by atoms with Gasteiger partial charge in [0.1, 0.15) is 17.6 Å². The van der Waals surface area contributed by atoms with Gasteiger partial charge in [0.2, 0.25) is 0 Å². The number of rotatable bonds is 5. The Morgan fingerprint density at radius 2 is 1.86 bits per heavy atom. The smallest absolute Gasteiger partial charge is 0.273 e. The number of Topliss-reactive ketones (excluding diaryl/α,β-unsaturated/α-hetero) is 1. The lowest BCUT2D eigenvalue weighted by molar-refractivity contribution is -0.118. The van der Waals surface area contributed by atoms with Crippen LogP contribution in [0, 0.1) is 5.82 Å². The Morgan fingerprint density at radius 1 is 1.14 bits per heavy atom. The summed E-state index contributed by atoms with van der Waals surface area (Å²) in [6.07, 6.45) is 0.228. The summed E-state index contributed by atoms with van der Waals surface area (Å²) in [4.78, 5) is 29.1. The zero-order valence-corrected chi connectivity index (χ0v) is 16.3. The predicted molar refractivity (Wildman–Crippen MR) is 112 cm³/mol. The van der Waals surface area contributed by atoms with Crippen LogP contribution in [0.25, 0.3) is 11.3 Å². The Labute approximate surface area is 170 Å². The molecule has 0 aliphatic carbocycles. The van der Waals surface area contributed by atoms with Gasteiger partial charge in [0, 0.05) is 17.4 Å². The van der Waals surface area contributed by atoms with Gasteiger partial charge in [-0.2, -0.15) is 5.10 Å². The van der Waals surface area contributed by atoms with E-state index < -0.39 is 11.9 Å². The van der Waals surface area contributed by atoms with Gasteiger partial charge in [-0.3, -0.25) is 19.9 Å². The molecular formula is C21H17FN4O2S. The Morgan fingerprint density at radius 3 is 2.55 bits per heavy atom. The SMILES string of the molecule is CC(=O)C1CC(C(=O)Nc2nc(-c3ccc(F)cc3)cs2)=NN1c1ccccc1. The number of carbonyl (C=O) groups is 2. The third-order valence-electron chi connectivity index (χ3n) is 4.53. The molecule has 1 aliphatic rings. The molecule has 146 valence electrons. The summed E-state index contributed by atoms with van der Waals surface area (Å²) in [7, 11) is 0. The fourth-order valence-corrected chi connectivity index (χ4v) is 3.75. The fourth-order valence-electron chi connectivity index (χ4n) is 3.04. The second-order valence-corrected chi connectivity index (χ2v) is 7.41. The number of hydrogen-bond donors (Lipinski definition) is 1. The summed E-state index contributed by atoms with van der Waals surface area (Å²) < 4.78 is 13.1. The van der Waals surface area contributed by atoms with Crippen molar-refractivity contribution in [1.82, 2.24) is 4.98 Å². The van der Waals surface area contributed by atoms with E-state index in [4.69, 9.17) is 0 Å². The molecule has 2 aromatic carbocycles. The van der Waals surface area contributed by atoms with Crippen molar-refractivity contribution in [2.75, 3.05) is 10.3 Å². The molecule has 0 spiro atoms. The highest BCUT2D eigenvalue weighted by Gasteiger charge is 2.34. The molecule has 1 amide bonds. The number of benzene rings is 2. The first-order valence-electron chi connectivity index (χ1n) is 8.96. The predicted octanol–water partition coefficient (Wildman–Crippen LogP) is 4.11. The first-order valence-corrected chi connectivity index (χ1v) is 9.84. The molecule has 0 bridgehead atoms. The van der Waals surface area contributed by atoms with Gasteiger partial charge in [0.25, 0.3) is 5.91 Å². The topological polar surface area (TPSA) is 74.7 Å². The second-order valence-electron chi connectivity index (χ2n) is 6.56. The van der Waals surface area contributed by atoms with Gasteiger partial charge in [-0.05, 0) is 43.3 Å². The minimum atomic E-state index is -0.510. The van der Waals surface area contributed by atoms with E-state index in [1.165, 1.54) is 30.4 Å². The fraction of sp³-hybridized carbons (Fsp3) is 0.143. The molecule has 8 heteroatoms. The first-order chi connectivity index (χ1) is 14.0. The molecule has 3 aromatic rings. The molecule has 0 radical (unpaired) electrons.